The molecule has 23 heavy (non-hydrogen) atoms. The van der Waals surface area contributed by atoms with Crippen molar-refractivity contribution in [1.82, 2.24) is 4.57 Å². The number of benzene rings is 2. The van der Waals surface area contributed by atoms with E-state index in [0.717, 1.165) is 22.5 Å². The van der Waals surface area contributed by atoms with Crippen LogP contribution in [0.4, 0.5) is 5.69 Å². The fourth-order valence-corrected chi connectivity index (χ4v) is 4.62. The highest BCUT2D eigenvalue weighted by molar-refractivity contribution is 7.92. The topological polar surface area (TPSA) is 42.3 Å². The van der Waals surface area contributed by atoms with Crippen LogP contribution in [0.5, 0.6) is 0 Å². The van der Waals surface area contributed by atoms with E-state index in [1.807, 2.05) is 54.2 Å². The van der Waals surface area contributed by atoms with Crippen LogP contribution in [0.1, 0.15) is 5.56 Å². The zero-order valence-electron chi connectivity index (χ0n) is 12.7. The second kappa shape index (κ2) is 4.99. The second-order valence-electron chi connectivity index (χ2n) is 5.64. The van der Waals surface area contributed by atoms with Crippen LogP contribution in [0, 0.1) is 0 Å². The fraction of sp³-hybridized carbons (Fsp3) is 0.111. The summed E-state index contributed by atoms with van der Waals surface area (Å²) in [6.45, 7) is 0.352. The number of hydrogen-bond donors (Lipinski definition) is 0. The number of nitrogens with zero attached hydrogens (tertiary/aromatic N) is 2. The first-order valence-corrected chi connectivity index (χ1v) is 8.84. The van der Waals surface area contributed by atoms with Gasteiger partial charge in [-0.1, -0.05) is 36.4 Å². The van der Waals surface area contributed by atoms with Gasteiger partial charge in [-0.15, -0.1) is 0 Å². The molecule has 3 aromatic rings. The third-order valence-electron chi connectivity index (χ3n) is 4.23. The third kappa shape index (κ3) is 2.08. The van der Waals surface area contributed by atoms with Gasteiger partial charge in [0.25, 0.3) is 10.0 Å². The number of hydrogen-bond acceptors (Lipinski definition) is 2. The number of anilines is 1. The average molecular weight is 324 g/mol. The van der Waals surface area contributed by atoms with Crippen molar-refractivity contribution < 1.29 is 8.42 Å². The van der Waals surface area contributed by atoms with Crippen LogP contribution in [0.2, 0.25) is 0 Å². The zero-order chi connectivity index (χ0) is 16.0. The van der Waals surface area contributed by atoms with Gasteiger partial charge < -0.3 is 4.57 Å². The molecule has 0 saturated heterocycles. The number of aromatic nitrogens is 1. The number of rotatable bonds is 2. The lowest BCUT2D eigenvalue weighted by Gasteiger charge is -2.31. The van der Waals surface area contributed by atoms with Crippen molar-refractivity contribution in [1.29, 1.82) is 0 Å². The second-order valence-corrected chi connectivity index (χ2v) is 7.50. The third-order valence-corrected chi connectivity index (χ3v) is 6.00. The summed E-state index contributed by atoms with van der Waals surface area (Å²) in [5.74, 6) is 0. The number of aryl methyl sites for hydroxylation is 1. The zero-order valence-corrected chi connectivity index (χ0v) is 13.5. The summed E-state index contributed by atoms with van der Waals surface area (Å²) < 4.78 is 29.7. The van der Waals surface area contributed by atoms with Gasteiger partial charge in [-0.25, -0.2) is 8.42 Å². The summed E-state index contributed by atoms with van der Waals surface area (Å²) in [5.41, 5.74) is 3.78. The Bertz CT molecular complexity index is 975. The molecular weight excluding hydrogens is 308 g/mol. The van der Waals surface area contributed by atoms with Crippen LogP contribution in [-0.2, 0) is 23.6 Å². The summed E-state index contributed by atoms with van der Waals surface area (Å²) >= 11 is 0. The van der Waals surface area contributed by atoms with Crippen molar-refractivity contribution in [2.24, 2.45) is 7.05 Å². The normalized spacial score (nSPS) is 13.5. The lowest BCUT2D eigenvalue weighted by atomic mass is 10.0. The maximum Gasteiger partial charge on any atom is 0.264 e. The van der Waals surface area contributed by atoms with E-state index in [0.29, 0.717) is 11.4 Å². The molecule has 0 saturated carbocycles. The van der Waals surface area contributed by atoms with Gasteiger partial charge in [0.2, 0.25) is 0 Å². The molecule has 2 heterocycles. The molecule has 0 fully saturated rings. The van der Waals surface area contributed by atoms with E-state index in [2.05, 4.69) is 0 Å². The molecule has 116 valence electrons. The summed E-state index contributed by atoms with van der Waals surface area (Å²) in [6.07, 6.45) is 1.97. The number of para-hydroxylation sites is 1. The maximum atomic E-state index is 13.1. The lowest BCUT2D eigenvalue weighted by molar-refractivity contribution is 0.590. The van der Waals surface area contributed by atoms with Gasteiger partial charge in [0.1, 0.15) is 0 Å². The van der Waals surface area contributed by atoms with Gasteiger partial charge in [-0.05, 0) is 29.8 Å². The van der Waals surface area contributed by atoms with E-state index in [-0.39, 0.29) is 0 Å². The predicted molar refractivity (Wildman–Crippen MR) is 90.7 cm³/mol. The molecular formula is C18H16N2O2S. The van der Waals surface area contributed by atoms with Crippen molar-refractivity contribution in [2.75, 3.05) is 4.31 Å². The highest BCUT2D eigenvalue weighted by Gasteiger charge is 2.32. The summed E-state index contributed by atoms with van der Waals surface area (Å²) in [6, 6.07) is 18.2. The van der Waals surface area contributed by atoms with Crippen molar-refractivity contribution in [3.05, 3.63) is 72.4 Å². The van der Waals surface area contributed by atoms with Gasteiger partial charge in [0.15, 0.2) is 0 Å². The number of fused-ring (bicyclic) bond motifs is 3. The molecule has 1 aliphatic heterocycles. The van der Waals surface area contributed by atoms with E-state index in [1.165, 1.54) is 4.31 Å². The van der Waals surface area contributed by atoms with E-state index < -0.39 is 10.0 Å². The summed E-state index contributed by atoms with van der Waals surface area (Å²) in [5, 5.41) is 0. The highest BCUT2D eigenvalue weighted by atomic mass is 32.2. The molecule has 0 spiro atoms. The molecule has 0 bridgehead atoms. The molecule has 1 aliphatic rings. The van der Waals surface area contributed by atoms with Crippen molar-refractivity contribution in [3.8, 4) is 11.3 Å². The molecule has 0 amide bonds. The van der Waals surface area contributed by atoms with Crippen molar-refractivity contribution >= 4 is 15.7 Å². The van der Waals surface area contributed by atoms with E-state index in [1.54, 1.807) is 24.3 Å². The Morgan fingerprint density at radius 3 is 2.39 bits per heavy atom. The van der Waals surface area contributed by atoms with Crippen LogP contribution in [0.25, 0.3) is 11.3 Å². The van der Waals surface area contributed by atoms with E-state index in [9.17, 15) is 8.42 Å². The molecule has 0 atom stereocenters. The van der Waals surface area contributed by atoms with Gasteiger partial charge >= 0.3 is 0 Å². The molecule has 4 rings (SSSR count). The lowest BCUT2D eigenvalue weighted by Crippen LogP contribution is -2.33. The van der Waals surface area contributed by atoms with Gasteiger partial charge in [-0.3, -0.25) is 4.31 Å². The van der Waals surface area contributed by atoms with Crippen LogP contribution in [-0.4, -0.2) is 13.0 Å². The Morgan fingerprint density at radius 2 is 1.61 bits per heavy atom. The molecule has 0 aliphatic carbocycles. The molecule has 1 aromatic heterocycles. The average Bonchev–Trinajstić information content (AvgIpc) is 2.96. The SMILES string of the molecule is Cn1ccc2c1-c1ccccc1N(S(=O)(=O)c1ccccc1)C2. The first-order chi connectivity index (χ1) is 11.1. The van der Waals surface area contributed by atoms with Gasteiger partial charge in [0.05, 0.1) is 22.8 Å². The molecule has 0 radical (unpaired) electrons. The maximum absolute atomic E-state index is 13.1. The molecule has 4 nitrogen and oxygen atoms in total. The van der Waals surface area contributed by atoms with Crippen LogP contribution in [0.3, 0.4) is 0 Å². The summed E-state index contributed by atoms with van der Waals surface area (Å²) in [4.78, 5) is 0.314. The minimum Gasteiger partial charge on any atom is -0.350 e. The quantitative estimate of drug-likeness (QED) is 0.725. The fourth-order valence-electron chi connectivity index (χ4n) is 3.14. The van der Waals surface area contributed by atoms with Crippen molar-refractivity contribution in [3.63, 3.8) is 0 Å². The Hall–Kier alpha value is -2.53. The molecule has 0 N–H and O–H groups in total. The molecule has 0 unspecified atom stereocenters. The predicted octanol–water partition coefficient (Wildman–Crippen LogP) is 3.40. The first-order valence-electron chi connectivity index (χ1n) is 7.40. The van der Waals surface area contributed by atoms with Gasteiger partial charge in [-0.2, -0.15) is 0 Å². The van der Waals surface area contributed by atoms with Crippen LogP contribution < -0.4 is 4.31 Å². The van der Waals surface area contributed by atoms with Crippen molar-refractivity contribution in [2.45, 2.75) is 11.4 Å². The monoisotopic (exact) mass is 324 g/mol. The first kappa shape index (κ1) is 14.1. The smallest absolute Gasteiger partial charge is 0.264 e. The van der Waals surface area contributed by atoms with E-state index >= 15 is 0 Å². The molecule has 2 aromatic carbocycles. The van der Waals surface area contributed by atoms with Crippen LogP contribution >= 0.6 is 0 Å². The summed E-state index contributed by atoms with van der Waals surface area (Å²) in [7, 11) is -1.60. The Morgan fingerprint density at radius 1 is 0.913 bits per heavy atom. The Labute approximate surface area is 135 Å². The minimum atomic E-state index is -3.58. The Kier molecular flexibility index (Phi) is 3.06. The van der Waals surface area contributed by atoms with Crippen LogP contribution in [0.15, 0.2) is 71.8 Å². The standard InChI is InChI=1S/C18H16N2O2S/c1-19-12-11-14-13-20(17-10-6-5-9-16(17)18(14)19)23(21,22)15-7-3-2-4-8-15/h2-12H,13H2,1H3. The molecule has 5 heteroatoms. The minimum absolute atomic E-state index is 0.314. The number of sulfonamides is 1. The van der Waals surface area contributed by atoms with Gasteiger partial charge in [0, 0.05) is 18.8 Å². The Balaban J connectivity index is 1.93. The highest BCUT2D eigenvalue weighted by Crippen LogP contribution is 2.41. The van der Waals surface area contributed by atoms with E-state index in [4.69, 9.17) is 0 Å². The largest absolute Gasteiger partial charge is 0.350 e.